The molecule has 374 valence electrons. The number of allylic oxidation sites excluding steroid dienone is 2. The summed E-state index contributed by atoms with van der Waals surface area (Å²) in [6, 6.07) is 6.32. The molecule has 0 saturated heterocycles. The highest BCUT2D eigenvalue weighted by atomic mass is 28.4. The van der Waals surface area contributed by atoms with E-state index in [-0.39, 0.29) is 56.1 Å². The Morgan fingerprint density at radius 3 is 1.75 bits per heavy atom. The molecule has 0 saturated carbocycles. The third-order valence-electron chi connectivity index (χ3n) is 16.3. The van der Waals surface area contributed by atoms with Gasteiger partial charge < -0.3 is 22.1 Å². The molecule has 65 heavy (non-hydrogen) atoms. The van der Waals surface area contributed by atoms with E-state index in [2.05, 4.69) is 193 Å². The van der Waals surface area contributed by atoms with E-state index in [4.69, 9.17) is 22.1 Å². The molecular formula is C54H101NO6Si4. The number of carbonyl (C=O) groups is 1. The van der Waals surface area contributed by atoms with Crippen LogP contribution in [0.4, 0.5) is 0 Å². The summed E-state index contributed by atoms with van der Waals surface area (Å²) in [4.78, 5) is 20.2. The number of rotatable bonds is 24. The summed E-state index contributed by atoms with van der Waals surface area (Å²) >= 11 is 0. The summed E-state index contributed by atoms with van der Waals surface area (Å²) in [6.07, 6.45) is 8.63. The van der Waals surface area contributed by atoms with Gasteiger partial charge in [0.1, 0.15) is 11.3 Å². The van der Waals surface area contributed by atoms with Gasteiger partial charge in [0.25, 0.3) is 0 Å². The lowest BCUT2D eigenvalue weighted by atomic mass is 9.71. The fraction of sp³-hybridized carbons (Fsp3) is 0.778. The number of ketones is 1. The fourth-order valence-corrected chi connectivity index (χ4v) is 12.6. The van der Waals surface area contributed by atoms with Crippen molar-refractivity contribution in [3.8, 4) is 0 Å². The van der Waals surface area contributed by atoms with Crippen LogP contribution in [0.1, 0.15) is 167 Å². The molecule has 11 heteroatoms. The van der Waals surface area contributed by atoms with Crippen LogP contribution in [0.3, 0.4) is 0 Å². The van der Waals surface area contributed by atoms with Crippen LogP contribution in [0.25, 0.3) is 11.1 Å². The molecule has 2 aromatic rings. The second-order valence-corrected chi connectivity index (χ2v) is 45.4. The molecule has 0 amide bonds. The summed E-state index contributed by atoms with van der Waals surface area (Å²) in [5.74, 6) is 0.684. The molecule has 7 nitrogen and oxygen atoms in total. The van der Waals surface area contributed by atoms with E-state index in [1.807, 2.05) is 19.1 Å². The van der Waals surface area contributed by atoms with E-state index >= 15 is 4.79 Å². The van der Waals surface area contributed by atoms with Crippen LogP contribution in [0.5, 0.6) is 0 Å². The Bertz CT molecular complexity index is 1880. The molecule has 0 N–H and O–H groups in total. The van der Waals surface area contributed by atoms with E-state index in [0.717, 1.165) is 42.3 Å². The third-order valence-corrected chi connectivity index (χ3v) is 34.3. The highest BCUT2D eigenvalue weighted by Gasteiger charge is 2.50. The fourth-order valence-electron chi connectivity index (χ4n) is 7.38. The van der Waals surface area contributed by atoms with Gasteiger partial charge in [-0.15, -0.1) is 6.58 Å². The Balaban J connectivity index is 2.50. The third kappa shape index (κ3) is 16.0. The average Bonchev–Trinajstić information content (AvgIpc) is 3.51. The Morgan fingerprint density at radius 2 is 1.25 bits per heavy atom. The second-order valence-electron chi connectivity index (χ2n) is 26.3. The van der Waals surface area contributed by atoms with E-state index < -0.39 is 38.7 Å². The van der Waals surface area contributed by atoms with E-state index in [9.17, 15) is 0 Å². The van der Waals surface area contributed by atoms with Gasteiger partial charge >= 0.3 is 0 Å². The van der Waals surface area contributed by atoms with Gasteiger partial charge in [0, 0.05) is 24.9 Å². The van der Waals surface area contributed by atoms with Gasteiger partial charge in [-0.1, -0.05) is 128 Å². The summed E-state index contributed by atoms with van der Waals surface area (Å²) in [7, 11) is -8.68. The van der Waals surface area contributed by atoms with E-state index in [0.29, 0.717) is 25.3 Å². The van der Waals surface area contributed by atoms with Gasteiger partial charge in [-0.3, -0.25) is 4.79 Å². The highest BCUT2D eigenvalue weighted by molar-refractivity contribution is 6.75. The number of carbonyl (C=O) groups excluding carboxylic acids is 1. The number of fused-ring (bicyclic) bond motifs is 1. The molecule has 0 aliphatic rings. The topological polar surface area (TPSA) is 80.0 Å². The lowest BCUT2D eigenvalue weighted by Crippen LogP contribution is -2.55. The molecule has 0 fully saturated rings. The predicted molar refractivity (Wildman–Crippen MR) is 290 cm³/mol. The van der Waals surface area contributed by atoms with Crippen molar-refractivity contribution in [2.24, 2.45) is 17.3 Å². The van der Waals surface area contributed by atoms with E-state index in [1.54, 1.807) is 0 Å². The van der Waals surface area contributed by atoms with Crippen LogP contribution in [-0.2, 0) is 22.5 Å². The summed E-state index contributed by atoms with van der Waals surface area (Å²) in [6.45, 7) is 61.5. The number of oxazole rings is 1. The van der Waals surface area contributed by atoms with Crippen LogP contribution in [-0.4, -0.2) is 62.9 Å². The van der Waals surface area contributed by atoms with Crippen molar-refractivity contribution in [3.63, 3.8) is 0 Å². The maximum atomic E-state index is 15.6. The molecule has 1 aromatic heterocycles. The minimum Gasteiger partial charge on any atom is -0.441 e. The number of nitrogens with zero attached hydrogens (tertiary/aromatic N) is 1. The number of hydrogen-bond acceptors (Lipinski definition) is 7. The van der Waals surface area contributed by atoms with Crippen molar-refractivity contribution in [2.75, 3.05) is 6.61 Å². The summed E-state index contributed by atoms with van der Waals surface area (Å²) in [5.41, 5.74) is 3.39. The van der Waals surface area contributed by atoms with Crippen molar-refractivity contribution < 1.29 is 26.9 Å². The maximum Gasteiger partial charge on any atom is 0.192 e. The second kappa shape index (κ2) is 22.1. The van der Waals surface area contributed by atoms with Gasteiger partial charge in [-0.25, -0.2) is 4.98 Å². The zero-order valence-corrected chi connectivity index (χ0v) is 50.8. The summed E-state index contributed by atoms with van der Waals surface area (Å²) < 4.78 is 34.5. The predicted octanol–water partition coefficient (Wildman–Crippen LogP) is 17.3. The smallest absolute Gasteiger partial charge is 0.192 e. The standard InChI is InChI=1S/C54H101NO6Si4/c1-27-29-43(49(56)54(17,18)47(60-64(23,24)52(11,12)13)36-37-57-62(19,20)50(5,6)7)48(61-65(25,26)53(14,15)16)40(3)31-28-30-39(2)32-34-45(59-63(21,22)51(8,9)10)42-33-35-46-44(38-42)55-41(4)58-46/h27,32-33,35,38,40,43,45,47-48H,1,28-31,34,36-37H2,2-26H3/b39-32+/t40-,43+,45-,47-,48-/m0/s1. The van der Waals surface area contributed by atoms with Crippen molar-refractivity contribution in [1.29, 1.82) is 0 Å². The monoisotopic (exact) mass is 972 g/mol. The zero-order chi connectivity index (χ0) is 50.6. The first-order chi connectivity index (χ1) is 29.1. The van der Waals surface area contributed by atoms with Crippen LogP contribution in [0, 0.1) is 24.2 Å². The number of benzene rings is 1. The molecule has 0 spiro atoms. The first-order valence-corrected chi connectivity index (χ1v) is 36.6. The lowest BCUT2D eigenvalue weighted by molar-refractivity contribution is -0.141. The normalized spacial score (nSPS) is 17.0. The SMILES string of the molecule is C=CC[C@@H](C(=O)C(C)(C)[C@H](CCO[Si](C)(C)C(C)(C)C)O[Si](C)(C)C(C)(C)C)[C@@H](O[Si](C)(C)C(C)(C)C)[C@@H](C)CCC/C(C)=C/C[C@H](O[Si](C)(C)C(C)(C)C)c1ccc2oc(C)nc2c1. The van der Waals surface area contributed by atoms with Gasteiger partial charge in [-0.05, 0) is 142 Å². The number of Topliss-reactive ketones (excluding diaryl/α,β-unsaturated/α-hetero) is 1. The molecule has 1 heterocycles. The van der Waals surface area contributed by atoms with Crippen molar-refractivity contribution >= 4 is 50.2 Å². The summed E-state index contributed by atoms with van der Waals surface area (Å²) in [5, 5.41) is 0.146. The van der Waals surface area contributed by atoms with Crippen LogP contribution < -0.4 is 0 Å². The zero-order valence-electron chi connectivity index (χ0n) is 46.8. The Hall–Kier alpha value is -1.45. The van der Waals surface area contributed by atoms with Crippen molar-refractivity contribution in [3.05, 3.63) is 54.0 Å². The highest BCUT2D eigenvalue weighted by Crippen LogP contribution is 2.46. The maximum absolute atomic E-state index is 15.6. The van der Waals surface area contributed by atoms with E-state index in [1.165, 1.54) is 5.57 Å². The minimum atomic E-state index is -2.30. The molecular weight excluding hydrogens is 871 g/mol. The van der Waals surface area contributed by atoms with Gasteiger partial charge in [-0.2, -0.15) is 0 Å². The first-order valence-electron chi connectivity index (χ1n) is 25.0. The molecule has 0 radical (unpaired) electrons. The molecule has 0 bridgehead atoms. The Morgan fingerprint density at radius 1 is 0.738 bits per heavy atom. The quantitative estimate of drug-likeness (QED) is 0.0766. The van der Waals surface area contributed by atoms with Crippen LogP contribution in [0.2, 0.25) is 72.5 Å². The number of aryl methyl sites for hydroxylation is 1. The van der Waals surface area contributed by atoms with Crippen molar-refractivity contribution in [1.82, 2.24) is 4.98 Å². The lowest BCUT2D eigenvalue weighted by Gasteiger charge is -2.47. The van der Waals surface area contributed by atoms with Gasteiger partial charge in [0.05, 0.1) is 18.3 Å². The molecule has 1 aromatic carbocycles. The Kier molecular flexibility index (Phi) is 20.3. The largest absolute Gasteiger partial charge is 0.441 e. The van der Waals surface area contributed by atoms with Crippen molar-refractivity contribution in [2.45, 2.75) is 247 Å². The molecule has 0 aliphatic heterocycles. The van der Waals surface area contributed by atoms with Gasteiger partial charge in [0.2, 0.25) is 0 Å². The number of hydrogen-bond donors (Lipinski definition) is 0. The minimum absolute atomic E-state index is 0.00974. The Labute approximate surface area is 405 Å². The number of aromatic nitrogens is 1. The molecule has 0 aliphatic carbocycles. The first kappa shape index (κ1) is 59.7. The average molecular weight is 973 g/mol. The van der Waals surface area contributed by atoms with Crippen LogP contribution in [0.15, 0.2) is 46.9 Å². The molecule has 5 atom stereocenters. The molecule has 2 rings (SSSR count). The van der Waals surface area contributed by atoms with Crippen LogP contribution >= 0.6 is 0 Å². The van der Waals surface area contributed by atoms with Gasteiger partial charge in [0.15, 0.2) is 44.7 Å². The molecule has 0 unspecified atom stereocenters.